The summed E-state index contributed by atoms with van der Waals surface area (Å²) in [7, 11) is 0. The molecule has 0 bridgehead atoms. The van der Waals surface area contributed by atoms with Crippen molar-refractivity contribution < 1.29 is 5.32 Å². The first kappa shape index (κ1) is 13.3. The van der Waals surface area contributed by atoms with Crippen LogP contribution in [0.4, 0.5) is 0 Å². The van der Waals surface area contributed by atoms with Crippen LogP contribution in [-0.4, -0.2) is 0 Å². The molecule has 1 aliphatic rings. The lowest BCUT2D eigenvalue weighted by molar-refractivity contribution is -0.809. The smallest absolute Gasteiger partial charge is 0.173 e. The first-order valence-electron chi connectivity index (χ1n) is 7.96. The Morgan fingerprint density at radius 1 is 0.739 bits per heavy atom. The third kappa shape index (κ3) is 2.09. The standard InChI is InChI=1S/C20H16N2S/c1-2-7-13(8-3-1)19-21-20(22-19)16-11-6-10-15-14-9-4-5-12-17(14)23-18(15)16/h1-12,19-22H/p+1. The summed E-state index contributed by atoms with van der Waals surface area (Å²) >= 11 is 1.90. The van der Waals surface area contributed by atoms with Crippen molar-refractivity contribution in [1.29, 1.82) is 0 Å². The fourth-order valence-electron chi connectivity index (χ4n) is 3.45. The van der Waals surface area contributed by atoms with Crippen molar-refractivity contribution in [2.45, 2.75) is 12.3 Å². The largest absolute Gasteiger partial charge is 0.308 e. The van der Waals surface area contributed by atoms with Gasteiger partial charge in [0, 0.05) is 31.3 Å². The van der Waals surface area contributed by atoms with Gasteiger partial charge in [-0.25, -0.2) is 5.32 Å². The van der Waals surface area contributed by atoms with Crippen LogP contribution in [-0.2, 0) is 0 Å². The molecule has 5 rings (SSSR count). The lowest BCUT2D eigenvalue weighted by Gasteiger charge is -2.35. The van der Waals surface area contributed by atoms with Gasteiger partial charge in [0.25, 0.3) is 0 Å². The van der Waals surface area contributed by atoms with Gasteiger partial charge in [-0.2, -0.15) is 0 Å². The zero-order valence-corrected chi connectivity index (χ0v) is 13.4. The molecule has 1 aromatic heterocycles. The Morgan fingerprint density at radius 2 is 1.48 bits per heavy atom. The third-order valence-electron chi connectivity index (χ3n) is 4.67. The van der Waals surface area contributed by atoms with E-state index in [4.69, 9.17) is 0 Å². The lowest BCUT2D eigenvalue weighted by atomic mass is 10.0. The Hall–Kier alpha value is -2.20. The number of hydrogen-bond donors (Lipinski definition) is 2. The van der Waals surface area contributed by atoms with E-state index in [2.05, 4.69) is 83.4 Å². The molecular weight excluding hydrogens is 300 g/mol. The highest BCUT2D eigenvalue weighted by molar-refractivity contribution is 7.26. The molecule has 0 radical (unpaired) electrons. The molecule has 23 heavy (non-hydrogen) atoms. The van der Waals surface area contributed by atoms with Gasteiger partial charge in [-0.3, -0.25) is 0 Å². The Bertz CT molecular complexity index is 984. The minimum atomic E-state index is 0.344. The van der Waals surface area contributed by atoms with Gasteiger partial charge in [-0.05, 0) is 6.07 Å². The SMILES string of the molecule is c1ccc(C2NC(c3cccc4c3sc3ccccc34)[NH2+]2)cc1. The summed E-state index contributed by atoms with van der Waals surface area (Å²) in [5.41, 5.74) is 2.74. The van der Waals surface area contributed by atoms with Gasteiger partial charge in [0.2, 0.25) is 0 Å². The fourth-order valence-corrected chi connectivity index (χ4v) is 4.71. The maximum Gasteiger partial charge on any atom is 0.173 e. The van der Waals surface area contributed by atoms with Crippen LogP contribution in [0.25, 0.3) is 20.2 Å². The van der Waals surface area contributed by atoms with Crippen molar-refractivity contribution in [3.05, 3.63) is 83.9 Å². The van der Waals surface area contributed by atoms with Crippen LogP contribution >= 0.6 is 11.3 Å². The maximum absolute atomic E-state index is 3.70. The second-order valence-corrected chi connectivity index (χ2v) is 7.10. The second-order valence-electron chi connectivity index (χ2n) is 6.05. The molecule has 3 N–H and O–H groups in total. The Kier molecular flexibility index (Phi) is 2.98. The van der Waals surface area contributed by atoms with Crippen LogP contribution in [0.15, 0.2) is 72.8 Å². The third-order valence-corrected chi connectivity index (χ3v) is 5.91. The van der Waals surface area contributed by atoms with Crippen LogP contribution in [0, 0.1) is 0 Å². The normalized spacial score (nSPS) is 20.7. The molecule has 0 spiro atoms. The van der Waals surface area contributed by atoms with Crippen molar-refractivity contribution in [3.8, 4) is 0 Å². The summed E-state index contributed by atoms with van der Waals surface area (Å²) in [6, 6.07) is 26.0. The summed E-state index contributed by atoms with van der Waals surface area (Å²) in [6.07, 6.45) is 0.711. The topological polar surface area (TPSA) is 28.6 Å². The summed E-state index contributed by atoms with van der Waals surface area (Å²) in [6.45, 7) is 0. The molecule has 2 atom stereocenters. The molecule has 1 saturated heterocycles. The van der Waals surface area contributed by atoms with Gasteiger partial charge in [-0.1, -0.05) is 66.7 Å². The highest BCUT2D eigenvalue weighted by Crippen LogP contribution is 2.37. The van der Waals surface area contributed by atoms with Crippen LogP contribution in [0.5, 0.6) is 0 Å². The monoisotopic (exact) mass is 317 g/mol. The molecule has 0 aliphatic carbocycles. The zero-order valence-electron chi connectivity index (χ0n) is 12.6. The van der Waals surface area contributed by atoms with E-state index in [0.717, 1.165) is 0 Å². The molecule has 3 heteroatoms. The number of nitrogens with two attached hydrogens (primary N) is 1. The summed E-state index contributed by atoms with van der Waals surface area (Å²) in [5.74, 6) is 0. The molecule has 0 amide bonds. The van der Waals surface area contributed by atoms with E-state index in [0.29, 0.717) is 12.3 Å². The van der Waals surface area contributed by atoms with E-state index >= 15 is 0 Å². The van der Waals surface area contributed by atoms with Gasteiger partial charge in [0.15, 0.2) is 12.3 Å². The summed E-state index contributed by atoms with van der Waals surface area (Å²) in [5, 5.41) is 8.86. The molecule has 4 aromatic rings. The van der Waals surface area contributed by atoms with Crippen molar-refractivity contribution in [2.75, 3.05) is 0 Å². The quantitative estimate of drug-likeness (QED) is 0.576. The number of rotatable bonds is 2. The number of benzene rings is 3. The predicted molar refractivity (Wildman–Crippen MR) is 96.3 cm³/mol. The molecule has 1 aliphatic heterocycles. The van der Waals surface area contributed by atoms with Crippen molar-refractivity contribution in [2.24, 2.45) is 0 Å². The van der Waals surface area contributed by atoms with E-state index in [1.165, 1.54) is 31.3 Å². The number of hydrogen-bond acceptors (Lipinski definition) is 2. The van der Waals surface area contributed by atoms with Gasteiger partial charge in [0.1, 0.15) is 0 Å². The van der Waals surface area contributed by atoms with E-state index in [1.807, 2.05) is 11.3 Å². The van der Waals surface area contributed by atoms with Crippen molar-refractivity contribution >= 4 is 31.5 Å². The number of nitrogens with one attached hydrogen (secondary N) is 1. The van der Waals surface area contributed by atoms with E-state index < -0.39 is 0 Å². The van der Waals surface area contributed by atoms with Crippen LogP contribution in [0.2, 0.25) is 0 Å². The minimum absolute atomic E-state index is 0.344. The Morgan fingerprint density at radius 3 is 2.35 bits per heavy atom. The van der Waals surface area contributed by atoms with Gasteiger partial charge in [0.05, 0.1) is 0 Å². The number of thiophene rings is 1. The number of fused-ring (bicyclic) bond motifs is 3. The fraction of sp³-hybridized carbons (Fsp3) is 0.100. The average Bonchev–Trinajstić information content (AvgIpc) is 2.94. The van der Waals surface area contributed by atoms with E-state index in [-0.39, 0.29) is 0 Å². The highest BCUT2D eigenvalue weighted by Gasteiger charge is 2.35. The minimum Gasteiger partial charge on any atom is -0.308 e. The van der Waals surface area contributed by atoms with E-state index in [1.54, 1.807) is 0 Å². The molecule has 112 valence electrons. The first-order chi connectivity index (χ1) is 11.4. The van der Waals surface area contributed by atoms with E-state index in [9.17, 15) is 0 Å². The predicted octanol–water partition coefficient (Wildman–Crippen LogP) is 3.92. The first-order valence-corrected chi connectivity index (χ1v) is 8.78. The second kappa shape index (κ2) is 5.17. The van der Waals surface area contributed by atoms with Crippen LogP contribution < -0.4 is 10.6 Å². The highest BCUT2D eigenvalue weighted by atomic mass is 32.1. The molecule has 0 saturated carbocycles. The zero-order chi connectivity index (χ0) is 15.2. The van der Waals surface area contributed by atoms with Crippen molar-refractivity contribution in [1.82, 2.24) is 5.32 Å². The number of quaternary nitrogens is 1. The van der Waals surface area contributed by atoms with Crippen LogP contribution in [0.1, 0.15) is 23.5 Å². The molecular formula is C20H17N2S+. The molecule has 2 nitrogen and oxygen atoms in total. The van der Waals surface area contributed by atoms with Crippen LogP contribution in [0.3, 0.4) is 0 Å². The molecule has 2 heterocycles. The van der Waals surface area contributed by atoms with Gasteiger partial charge < -0.3 is 5.32 Å². The van der Waals surface area contributed by atoms with Gasteiger partial charge >= 0.3 is 0 Å². The maximum atomic E-state index is 3.70. The Balaban J connectivity index is 1.52. The molecule has 3 aromatic carbocycles. The van der Waals surface area contributed by atoms with Crippen molar-refractivity contribution in [3.63, 3.8) is 0 Å². The molecule has 2 unspecified atom stereocenters. The molecule has 1 fully saturated rings. The van der Waals surface area contributed by atoms with Gasteiger partial charge in [-0.15, -0.1) is 11.3 Å². The lowest BCUT2D eigenvalue weighted by Crippen LogP contribution is -3.01. The Labute approximate surface area is 138 Å². The summed E-state index contributed by atoms with van der Waals surface area (Å²) < 4.78 is 2.78. The summed E-state index contributed by atoms with van der Waals surface area (Å²) in [4.78, 5) is 0. The average molecular weight is 317 g/mol.